The van der Waals surface area contributed by atoms with Gasteiger partial charge in [0.1, 0.15) is 34.0 Å². The van der Waals surface area contributed by atoms with Gasteiger partial charge >= 0.3 is 0 Å². The van der Waals surface area contributed by atoms with Gasteiger partial charge < -0.3 is 19.5 Å². The van der Waals surface area contributed by atoms with Crippen molar-refractivity contribution in [3.63, 3.8) is 0 Å². The highest BCUT2D eigenvalue weighted by atomic mass is 32.2. The maximum Gasteiger partial charge on any atom is 0.243 e. The van der Waals surface area contributed by atoms with E-state index in [2.05, 4.69) is 35.2 Å². The van der Waals surface area contributed by atoms with Gasteiger partial charge in [0.2, 0.25) is 21.9 Å². The van der Waals surface area contributed by atoms with Crippen LogP contribution in [0.1, 0.15) is 24.4 Å². The van der Waals surface area contributed by atoms with Crippen molar-refractivity contribution < 1.29 is 22.6 Å². The summed E-state index contributed by atoms with van der Waals surface area (Å²) in [5.74, 6) is 1.62. The number of aryl methyl sites for hydroxylation is 1. The van der Waals surface area contributed by atoms with E-state index in [-0.39, 0.29) is 11.8 Å². The molecule has 0 fully saturated rings. The fourth-order valence-corrected chi connectivity index (χ4v) is 5.16. The molecule has 0 aliphatic heterocycles. The van der Waals surface area contributed by atoms with Crippen molar-refractivity contribution in [3.05, 3.63) is 60.2 Å². The SMILES string of the molecule is CNC(c1ncc(C)cn1)C(C)S(=O)(=O)Nc1nnc(-c2cccc(OC)n2)n1-c1c(OC)cccc1OC. The Labute approximate surface area is 226 Å². The molecule has 2 atom stereocenters. The zero-order chi connectivity index (χ0) is 28.2. The number of ether oxygens (including phenoxy) is 3. The Balaban J connectivity index is 1.85. The molecule has 0 saturated carbocycles. The standard InChI is InChI=1S/C25H30N8O5S/c1-15-13-27-23(28-14-15)21(26-3)16(2)39(34,35)32-25-31-30-24(17-9-7-12-20(29-17)38-6)33(25)22-18(36-4)10-8-11-19(22)37-5/h7-14,16,21,26H,1-6H3,(H,31,32). The molecule has 0 amide bonds. The summed E-state index contributed by atoms with van der Waals surface area (Å²) in [6.45, 7) is 3.41. The van der Waals surface area contributed by atoms with E-state index >= 15 is 0 Å². The molecule has 2 N–H and O–H groups in total. The fraction of sp³-hybridized carbons (Fsp3) is 0.320. The molecule has 0 spiro atoms. The highest BCUT2D eigenvalue weighted by Crippen LogP contribution is 2.38. The van der Waals surface area contributed by atoms with Crippen LogP contribution in [0.2, 0.25) is 0 Å². The lowest BCUT2D eigenvalue weighted by molar-refractivity contribution is 0.391. The molecule has 14 heteroatoms. The lowest BCUT2D eigenvalue weighted by Crippen LogP contribution is -2.38. The Morgan fingerprint density at radius 3 is 2.15 bits per heavy atom. The van der Waals surface area contributed by atoms with Crippen molar-refractivity contribution >= 4 is 16.0 Å². The van der Waals surface area contributed by atoms with E-state index < -0.39 is 21.3 Å². The molecule has 1 aromatic carbocycles. The predicted molar refractivity (Wildman–Crippen MR) is 145 cm³/mol. The second kappa shape index (κ2) is 11.6. The Morgan fingerprint density at radius 1 is 0.923 bits per heavy atom. The number of hydrogen-bond acceptors (Lipinski definition) is 11. The number of anilines is 1. The van der Waals surface area contributed by atoms with Crippen LogP contribution in [0.15, 0.2) is 48.8 Å². The van der Waals surface area contributed by atoms with Crippen LogP contribution in [-0.4, -0.2) is 71.8 Å². The smallest absolute Gasteiger partial charge is 0.243 e. The minimum absolute atomic E-state index is 0.0936. The Hall–Kier alpha value is -4.30. The fourth-order valence-electron chi connectivity index (χ4n) is 3.97. The first-order valence-corrected chi connectivity index (χ1v) is 13.4. The molecule has 206 valence electrons. The number of aromatic nitrogens is 6. The average Bonchev–Trinajstić information content (AvgIpc) is 3.35. The van der Waals surface area contributed by atoms with Crippen LogP contribution in [0.4, 0.5) is 5.95 Å². The number of nitrogens with one attached hydrogen (secondary N) is 2. The van der Waals surface area contributed by atoms with Crippen molar-refractivity contribution in [3.8, 4) is 34.6 Å². The summed E-state index contributed by atoms with van der Waals surface area (Å²) in [5.41, 5.74) is 1.62. The highest BCUT2D eigenvalue weighted by molar-refractivity contribution is 7.93. The van der Waals surface area contributed by atoms with Gasteiger partial charge in [0.15, 0.2) is 5.82 Å². The molecule has 0 aliphatic rings. The number of sulfonamides is 1. The van der Waals surface area contributed by atoms with Gasteiger partial charge in [0.05, 0.1) is 27.4 Å². The molecule has 2 unspecified atom stereocenters. The van der Waals surface area contributed by atoms with Gasteiger partial charge in [-0.15, -0.1) is 10.2 Å². The maximum absolute atomic E-state index is 13.7. The second-order valence-corrected chi connectivity index (χ2v) is 10.5. The summed E-state index contributed by atoms with van der Waals surface area (Å²) in [6, 6.07) is 9.60. The summed E-state index contributed by atoms with van der Waals surface area (Å²) in [7, 11) is 2.06. The van der Waals surface area contributed by atoms with Gasteiger partial charge in [-0.05, 0) is 44.7 Å². The normalized spacial score (nSPS) is 13.0. The molecule has 39 heavy (non-hydrogen) atoms. The zero-order valence-electron chi connectivity index (χ0n) is 22.4. The van der Waals surface area contributed by atoms with Gasteiger partial charge in [0.25, 0.3) is 0 Å². The van der Waals surface area contributed by atoms with Crippen LogP contribution in [0.3, 0.4) is 0 Å². The molecule has 4 aromatic rings. The van der Waals surface area contributed by atoms with Crippen LogP contribution in [0, 0.1) is 6.92 Å². The monoisotopic (exact) mass is 554 g/mol. The van der Waals surface area contributed by atoms with Crippen LogP contribution < -0.4 is 24.2 Å². The largest absolute Gasteiger partial charge is 0.494 e. The van der Waals surface area contributed by atoms with Crippen LogP contribution >= 0.6 is 0 Å². The molecule has 0 bridgehead atoms. The van der Waals surface area contributed by atoms with Crippen molar-refractivity contribution in [2.45, 2.75) is 25.1 Å². The van der Waals surface area contributed by atoms with Crippen LogP contribution in [-0.2, 0) is 10.0 Å². The summed E-state index contributed by atoms with van der Waals surface area (Å²) in [6.07, 6.45) is 3.27. The van der Waals surface area contributed by atoms with Gasteiger partial charge in [-0.25, -0.2) is 23.4 Å². The number of pyridine rings is 1. The third-order valence-electron chi connectivity index (χ3n) is 6.03. The second-order valence-electron chi connectivity index (χ2n) is 8.50. The van der Waals surface area contributed by atoms with Crippen LogP contribution in [0.5, 0.6) is 17.4 Å². The van der Waals surface area contributed by atoms with Crippen molar-refractivity contribution in [2.24, 2.45) is 0 Å². The molecule has 3 aromatic heterocycles. The molecule has 4 rings (SSSR count). The number of benzene rings is 1. The number of para-hydroxylation sites is 1. The third-order valence-corrected chi connectivity index (χ3v) is 7.75. The van der Waals surface area contributed by atoms with Crippen molar-refractivity contribution in [2.75, 3.05) is 33.1 Å². The Bertz CT molecular complexity index is 1520. The third kappa shape index (κ3) is 5.61. The van der Waals surface area contributed by atoms with Gasteiger partial charge in [-0.2, -0.15) is 0 Å². The van der Waals surface area contributed by atoms with E-state index in [1.807, 2.05) is 6.92 Å². The quantitative estimate of drug-likeness (QED) is 0.281. The van der Waals surface area contributed by atoms with E-state index in [0.29, 0.717) is 34.6 Å². The average molecular weight is 555 g/mol. The highest BCUT2D eigenvalue weighted by Gasteiger charge is 2.34. The molecule has 3 heterocycles. The topological polar surface area (TPSA) is 155 Å². The van der Waals surface area contributed by atoms with Gasteiger partial charge in [-0.3, -0.25) is 9.29 Å². The summed E-state index contributed by atoms with van der Waals surface area (Å²) < 4.78 is 47.9. The molecule has 0 saturated heterocycles. The van der Waals surface area contributed by atoms with E-state index in [1.54, 1.807) is 62.8 Å². The summed E-state index contributed by atoms with van der Waals surface area (Å²) in [4.78, 5) is 13.1. The number of hydrogen-bond donors (Lipinski definition) is 2. The zero-order valence-corrected chi connectivity index (χ0v) is 23.2. The van der Waals surface area contributed by atoms with E-state index in [4.69, 9.17) is 14.2 Å². The molecular formula is C25H30N8O5S. The van der Waals surface area contributed by atoms with E-state index in [0.717, 1.165) is 5.56 Å². The first-order valence-electron chi connectivity index (χ1n) is 11.9. The number of methoxy groups -OCH3 is 3. The maximum atomic E-state index is 13.7. The molecule has 0 radical (unpaired) electrons. The van der Waals surface area contributed by atoms with E-state index in [9.17, 15) is 8.42 Å². The first kappa shape index (κ1) is 27.7. The first-order chi connectivity index (χ1) is 18.7. The predicted octanol–water partition coefficient (Wildman–Crippen LogP) is 2.54. The molecule has 0 aliphatic carbocycles. The number of nitrogens with zero attached hydrogens (tertiary/aromatic N) is 6. The van der Waals surface area contributed by atoms with Gasteiger partial charge in [-0.1, -0.05) is 12.1 Å². The minimum Gasteiger partial charge on any atom is -0.494 e. The number of rotatable bonds is 11. The lowest BCUT2D eigenvalue weighted by Gasteiger charge is -2.23. The van der Waals surface area contributed by atoms with E-state index in [1.165, 1.54) is 25.9 Å². The Kier molecular flexibility index (Phi) is 8.26. The van der Waals surface area contributed by atoms with Crippen molar-refractivity contribution in [1.82, 2.24) is 35.0 Å². The summed E-state index contributed by atoms with van der Waals surface area (Å²) >= 11 is 0. The minimum atomic E-state index is -4.08. The Morgan fingerprint density at radius 2 is 1.56 bits per heavy atom. The van der Waals surface area contributed by atoms with Crippen LogP contribution in [0.25, 0.3) is 17.2 Å². The summed E-state index contributed by atoms with van der Waals surface area (Å²) in [5, 5.41) is 10.5. The molecule has 13 nitrogen and oxygen atoms in total. The lowest BCUT2D eigenvalue weighted by atomic mass is 10.2. The van der Waals surface area contributed by atoms with Gasteiger partial charge in [0, 0.05) is 18.5 Å². The van der Waals surface area contributed by atoms with Crippen molar-refractivity contribution in [1.29, 1.82) is 0 Å². The molecular weight excluding hydrogens is 524 g/mol.